The average molecular weight is 491 g/mol. The van der Waals surface area contributed by atoms with Gasteiger partial charge in [0.1, 0.15) is 12.2 Å². The van der Waals surface area contributed by atoms with Gasteiger partial charge in [-0.3, -0.25) is 14.3 Å². The highest BCUT2D eigenvalue weighted by Crippen LogP contribution is 2.27. The van der Waals surface area contributed by atoms with Crippen molar-refractivity contribution in [3.8, 4) is 0 Å². The number of likely N-dealkylation sites (tertiary alicyclic amines) is 1. The first-order valence-corrected chi connectivity index (χ1v) is 12.5. The van der Waals surface area contributed by atoms with Crippen molar-refractivity contribution in [1.29, 1.82) is 0 Å². The standard InChI is InChI=1S/C29H35FN4O2/c1-18(2)21-11-13-23(14-12-21)28(22-9-7-6-8-10-22)31-29(36)26-15-24(30)17-34(26)27(35)16-25-19(3)32-33(5)20(25)4/h6-14,18,24,26,28H,15-17H2,1-5H3,(H,31,36). The molecule has 2 heterocycles. The highest BCUT2D eigenvalue weighted by molar-refractivity contribution is 5.89. The van der Waals surface area contributed by atoms with E-state index in [1.165, 1.54) is 10.5 Å². The van der Waals surface area contributed by atoms with E-state index in [-0.39, 0.29) is 31.2 Å². The second-order valence-corrected chi connectivity index (χ2v) is 10.0. The lowest BCUT2D eigenvalue weighted by Gasteiger charge is -2.27. The molecule has 0 spiro atoms. The van der Waals surface area contributed by atoms with Crippen LogP contribution in [0, 0.1) is 13.8 Å². The lowest BCUT2D eigenvalue weighted by atomic mass is 9.95. The molecule has 3 atom stereocenters. The Morgan fingerprint density at radius 1 is 1.03 bits per heavy atom. The Morgan fingerprint density at radius 2 is 1.64 bits per heavy atom. The van der Waals surface area contributed by atoms with Gasteiger partial charge in [0.05, 0.1) is 24.7 Å². The molecule has 1 aliphatic rings. The zero-order valence-electron chi connectivity index (χ0n) is 21.7. The largest absolute Gasteiger partial charge is 0.343 e. The van der Waals surface area contributed by atoms with E-state index < -0.39 is 18.3 Å². The van der Waals surface area contributed by atoms with Crippen molar-refractivity contribution in [2.75, 3.05) is 6.54 Å². The van der Waals surface area contributed by atoms with Gasteiger partial charge >= 0.3 is 0 Å². The number of benzene rings is 2. The maximum atomic E-state index is 14.6. The molecular formula is C29H35FN4O2. The van der Waals surface area contributed by atoms with Gasteiger partial charge in [-0.05, 0) is 36.5 Å². The Kier molecular flexibility index (Phi) is 7.57. The summed E-state index contributed by atoms with van der Waals surface area (Å²) in [5.74, 6) is -0.201. The van der Waals surface area contributed by atoms with Crippen molar-refractivity contribution in [3.63, 3.8) is 0 Å². The monoisotopic (exact) mass is 490 g/mol. The van der Waals surface area contributed by atoms with Crippen molar-refractivity contribution in [2.24, 2.45) is 7.05 Å². The number of nitrogens with one attached hydrogen (secondary N) is 1. The molecule has 2 amide bonds. The van der Waals surface area contributed by atoms with Gasteiger partial charge in [-0.1, -0.05) is 68.4 Å². The summed E-state index contributed by atoms with van der Waals surface area (Å²) in [6.07, 6.45) is -1.14. The van der Waals surface area contributed by atoms with Crippen LogP contribution in [0.2, 0.25) is 0 Å². The third-order valence-electron chi connectivity index (χ3n) is 7.22. The minimum absolute atomic E-state index is 0.00360. The third kappa shape index (κ3) is 5.35. The molecule has 3 unspecified atom stereocenters. The van der Waals surface area contributed by atoms with E-state index in [2.05, 4.69) is 36.4 Å². The Hall–Kier alpha value is -3.48. The van der Waals surface area contributed by atoms with E-state index in [1.54, 1.807) is 4.68 Å². The maximum Gasteiger partial charge on any atom is 0.243 e. The molecule has 4 rings (SSSR count). The predicted octanol–water partition coefficient (Wildman–Crippen LogP) is 4.55. The number of alkyl halides is 1. The first-order chi connectivity index (χ1) is 17.2. The Morgan fingerprint density at radius 3 is 2.22 bits per heavy atom. The van der Waals surface area contributed by atoms with Crippen LogP contribution in [0.25, 0.3) is 0 Å². The molecule has 1 fully saturated rings. The van der Waals surface area contributed by atoms with Gasteiger partial charge in [0, 0.05) is 24.7 Å². The second kappa shape index (κ2) is 10.6. The molecular weight excluding hydrogens is 455 g/mol. The van der Waals surface area contributed by atoms with E-state index in [0.717, 1.165) is 28.1 Å². The quantitative estimate of drug-likeness (QED) is 0.529. The van der Waals surface area contributed by atoms with Crippen molar-refractivity contribution in [3.05, 3.63) is 88.2 Å². The molecule has 0 bridgehead atoms. The molecule has 6 nitrogen and oxygen atoms in total. The summed E-state index contributed by atoms with van der Waals surface area (Å²) < 4.78 is 16.3. The van der Waals surface area contributed by atoms with E-state index in [1.807, 2.05) is 63.4 Å². The molecule has 1 N–H and O–H groups in total. The van der Waals surface area contributed by atoms with E-state index in [4.69, 9.17) is 0 Å². The fourth-order valence-electron chi connectivity index (χ4n) is 4.95. The van der Waals surface area contributed by atoms with Crippen LogP contribution in [-0.4, -0.2) is 45.3 Å². The van der Waals surface area contributed by atoms with Crippen LogP contribution in [-0.2, 0) is 23.1 Å². The number of nitrogens with zero attached hydrogens (tertiary/aromatic N) is 3. The summed E-state index contributed by atoms with van der Waals surface area (Å²) in [7, 11) is 1.83. The van der Waals surface area contributed by atoms with Crippen LogP contribution in [0.1, 0.15) is 65.9 Å². The summed E-state index contributed by atoms with van der Waals surface area (Å²) >= 11 is 0. The highest BCUT2D eigenvalue weighted by Gasteiger charge is 2.40. The van der Waals surface area contributed by atoms with E-state index in [0.29, 0.717) is 5.92 Å². The summed E-state index contributed by atoms with van der Waals surface area (Å²) in [5.41, 5.74) is 5.58. The SMILES string of the molecule is Cc1nn(C)c(C)c1CC(=O)N1CC(F)CC1C(=O)NC(c1ccccc1)c1ccc(C(C)C)cc1. The number of amides is 2. The molecule has 1 aromatic heterocycles. The molecule has 7 heteroatoms. The molecule has 0 aliphatic carbocycles. The van der Waals surface area contributed by atoms with Crippen molar-refractivity contribution in [2.45, 2.75) is 64.7 Å². The molecule has 36 heavy (non-hydrogen) atoms. The van der Waals surface area contributed by atoms with Gasteiger partial charge in [0.15, 0.2) is 0 Å². The zero-order valence-corrected chi connectivity index (χ0v) is 21.7. The summed E-state index contributed by atoms with van der Waals surface area (Å²) in [6, 6.07) is 16.6. The third-order valence-corrected chi connectivity index (χ3v) is 7.22. The molecule has 1 saturated heterocycles. The number of aromatic nitrogens is 2. The number of halogens is 1. The minimum Gasteiger partial charge on any atom is -0.343 e. The maximum absolute atomic E-state index is 14.6. The van der Waals surface area contributed by atoms with Crippen LogP contribution in [0.3, 0.4) is 0 Å². The average Bonchev–Trinajstić information content (AvgIpc) is 3.37. The van der Waals surface area contributed by atoms with Gasteiger partial charge in [0.2, 0.25) is 11.8 Å². The topological polar surface area (TPSA) is 67.2 Å². The lowest BCUT2D eigenvalue weighted by molar-refractivity contribution is -0.138. The zero-order chi connectivity index (χ0) is 26.0. The highest BCUT2D eigenvalue weighted by atomic mass is 19.1. The summed E-state index contributed by atoms with van der Waals surface area (Å²) in [4.78, 5) is 28.2. The molecule has 190 valence electrons. The van der Waals surface area contributed by atoms with Crippen LogP contribution < -0.4 is 5.32 Å². The smallest absolute Gasteiger partial charge is 0.243 e. The summed E-state index contributed by atoms with van der Waals surface area (Å²) in [5, 5.41) is 7.50. The van der Waals surface area contributed by atoms with Crippen LogP contribution in [0.15, 0.2) is 54.6 Å². The van der Waals surface area contributed by atoms with Crippen molar-refractivity contribution >= 4 is 11.8 Å². The number of aryl methyl sites for hydroxylation is 2. The van der Waals surface area contributed by atoms with Crippen LogP contribution >= 0.6 is 0 Å². The Bertz CT molecular complexity index is 1220. The number of hydrogen-bond acceptors (Lipinski definition) is 3. The first kappa shape index (κ1) is 25.6. The van der Waals surface area contributed by atoms with Gasteiger partial charge in [-0.2, -0.15) is 5.10 Å². The Balaban J connectivity index is 1.57. The summed E-state index contributed by atoms with van der Waals surface area (Å²) in [6.45, 7) is 7.97. The number of rotatable bonds is 7. The lowest BCUT2D eigenvalue weighted by Crippen LogP contribution is -2.47. The van der Waals surface area contributed by atoms with Gasteiger partial charge in [-0.15, -0.1) is 0 Å². The predicted molar refractivity (Wildman–Crippen MR) is 138 cm³/mol. The van der Waals surface area contributed by atoms with Gasteiger partial charge in [0.25, 0.3) is 0 Å². The molecule has 3 aromatic rings. The molecule has 0 saturated carbocycles. The number of carbonyl (C=O) groups excluding carboxylic acids is 2. The van der Waals surface area contributed by atoms with Crippen LogP contribution in [0.5, 0.6) is 0 Å². The number of hydrogen-bond donors (Lipinski definition) is 1. The normalized spacial score (nSPS) is 18.5. The number of carbonyl (C=O) groups is 2. The van der Waals surface area contributed by atoms with Crippen LogP contribution in [0.4, 0.5) is 4.39 Å². The molecule has 0 radical (unpaired) electrons. The fraction of sp³-hybridized carbons (Fsp3) is 0.414. The minimum atomic E-state index is -1.23. The Labute approximate surface area is 212 Å². The fourth-order valence-corrected chi connectivity index (χ4v) is 4.95. The van der Waals surface area contributed by atoms with E-state index in [9.17, 15) is 14.0 Å². The second-order valence-electron chi connectivity index (χ2n) is 10.0. The molecule has 1 aliphatic heterocycles. The van der Waals surface area contributed by atoms with Crippen molar-refractivity contribution < 1.29 is 14.0 Å². The van der Waals surface area contributed by atoms with Gasteiger partial charge < -0.3 is 10.2 Å². The van der Waals surface area contributed by atoms with Crippen molar-refractivity contribution in [1.82, 2.24) is 20.0 Å². The van der Waals surface area contributed by atoms with Gasteiger partial charge in [-0.25, -0.2) is 4.39 Å². The van der Waals surface area contributed by atoms with E-state index >= 15 is 0 Å². The molecule has 2 aromatic carbocycles. The first-order valence-electron chi connectivity index (χ1n) is 12.5.